The van der Waals surface area contributed by atoms with Crippen molar-refractivity contribution >= 4 is 34.5 Å². The lowest BCUT2D eigenvalue weighted by Gasteiger charge is -2.23. The highest BCUT2D eigenvalue weighted by Crippen LogP contribution is 2.47. The zero-order valence-electron chi connectivity index (χ0n) is 45.1. The molecule has 22 heteroatoms. The van der Waals surface area contributed by atoms with Crippen molar-refractivity contribution in [2.45, 2.75) is 70.1 Å². The topological polar surface area (TPSA) is 182 Å². The van der Waals surface area contributed by atoms with Crippen molar-refractivity contribution in [1.82, 2.24) is 71.9 Å². The number of hydrogen-bond donors (Lipinski definition) is 0. The van der Waals surface area contributed by atoms with E-state index in [4.69, 9.17) is 13.3 Å². The number of pyridine rings is 3. The van der Waals surface area contributed by atoms with E-state index in [0.29, 0.717) is 34.8 Å². The van der Waals surface area contributed by atoms with E-state index in [1.165, 1.54) is 49.1 Å². The molecule has 0 radical (unpaired) electrons. The van der Waals surface area contributed by atoms with E-state index in [-0.39, 0.29) is 28.5 Å². The molecule has 15 aromatic rings. The molecule has 0 unspecified atom stereocenters. The molecule has 0 N–H and O–H groups in total. The maximum Gasteiger partial charge on any atom is 0.306 e. The molecular formula is C62H47F4N15O3. The minimum absolute atomic E-state index is 0.0974. The molecule has 416 valence electrons. The number of nitrogens with zero attached hydrogens (tertiary/aromatic N) is 15. The fourth-order valence-corrected chi connectivity index (χ4v) is 11.0. The average Bonchev–Trinajstić information content (AvgIpc) is 4.45. The van der Waals surface area contributed by atoms with E-state index in [1.54, 1.807) is 47.4 Å². The molecule has 0 atom stereocenters. The van der Waals surface area contributed by atoms with Gasteiger partial charge in [-0.25, -0.2) is 17.6 Å². The molecule has 3 aromatic carbocycles. The normalized spacial score (nSPS) is 14.0. The lowest BCUT2D eigenvalue weighted by atomic mass is 9.85. The van der Waals surface area contributed by atoms with Gasteiger partial charge in [-0.1, -0.05) is 27.2 Å². The second-order valence-corrected chi connectivity index (χ2v) is 21.7. The molecule has 0 saturated heterocycles. The predicted octanol–water partition coefficient (Wildman–Crippen LogP) is 13.9. The van der Waals surface area contributed by atoms with Gasteiger partial charge in [-0.15, -0.1) is 30.6 Å². The first-order valence-electron chi connectivity index (χ1n) is 27.3. The number of benzene rings is 3. The Balaban J connectivity index is 0.000000107. The molecule has 0 spiro atoms. The second-order valence-electron chi connectivity index (χ2n) is 21.7. The Hall–Kier alpha value is -10.5. The minimum atomic E-state index is -0.685. The van der Waals surface area contributed by atoms with Crippen LogP contribution in [-0.2, 0) is 5.41 Å². The molecule has 2 aliphatic carbocycles. The summed E-state index contributed by atoms with van der Waals surface area (Å²) in [5, 5.41) is 25.9. The Morgan fingerprint density at radius 3 is 1.44 bits per heavy atom. The van der Waals surface area contributed by atoms with Crippen molar-refractivity contribution in [3.63, 3.8) is 0 Å². The van der Waals surface area contributed by atoms with Gasteiger partial charge in [0.25, 0.3) is 0 Å². The van der Waals surface area contributed by atoms with Gasteiger partial charge in [-0.2, -0.15) is 15.0 Å². The van der Waals surface area contributed by atoms with Crippen LogP contribution in [0.3, 0.4) is 0 Å². The smallest absolute Gasteiger partial charge is 0.306 e. The van der Waals surface area contributed by atoms with Gasteiger partial charge >= 0.3 is 17.5 Å². The van der Waals surface area contributed by atoms with Crippen molar-refractivity contribution in [3.05, 3.63) is 200 Å². The van der Waals surface area contributed by atoms with Gasteiger partial charge in [-0.05, 0) is 123 Å². The van der Waals surface area contributed by atoms with Crippen LogP contribution < -0.4 is 0 Å². The summed E-state index contributed by atoms with van der Waals surface area (Å²) in [7, 11) is 0. The summed E-state index contributed by atoms with van der Waals surface area (Å²) in [5.41, 5.74) is 11.3. The monoisotopic (exact) mass is 1130 g/mol. The van der Waals surface area contributed by atoms with Crippen LogP contribution in [0.2, 0.25) is 0 Å². The molecule has 18 nitrogen and oxygen atoms in total. The zero-order valence-corrected chi connectivity index (χ0v) is 45.1. The summed E-state index contributed by atoms with van der Waals surface area (Å²) in [6.07, 6.45) is 21.9. The first-order chi connectivity index (χ1) is 40.9. The molecule has 0 aliphatic heterocycles. The van der Waals surface area contributed by atoms with E-state index >= 15 is 0 Å². The van der Waals surface area contributed by atoms with Crippen molar-refractivity contribution in [1.29, 1.82) is 0 Å². The van der Waals surface area contributed by atoms with Crippen molar-refractivity contribution in [3.8, 4) is 67.5 Å². The summed E-state index contributed by atoms with van der Waals surface area (Å²) >= 11 is 0. The van der Waals surface area contributed by atoms with Crippen LogP contribution in [-0.4, -0.2) is 71.9 Å². The Morgan fingerprint density at radius 1 is 0.476 bits per heavy atom. The standard InChI is InChI=1S/2C21H16FN5O.C20H15F2N5O/c1-21(8-9-21)19-25-24-16-7-4-14(12-27(16)19)18-17(13-2-5-15(22)6-3-13)23-20-26(18)10-11-28-20;22-16-7-4-13(5-8-16)18-19(26-10-11-28-21(26)23-18)15-6-9-17-24-25-20(27(17)12-15)14-2-1-3-14;1-11(2)19-25-24-16-6-3-12(10-27(16)19)18-17(23-20-26(18)7-8-28-20)14-5-4-13(21)9-15(14)22/h2-7,10-12H,8-9H2,1H3;4-12,14H,1-3H2;3-11H,1-2H3. The molecule has 2 saturated carbocycles. The molecule has 2 fully saturated rings. The fourth-order valence-electron chi connectivity index (χ4n) is 11.0. The number of oxazole rings is 3. The number of hydrogen-bond acceptors (Lipinski definition) is 12. The van der Waals surface area contributed by atoms with Crippen LogP contribution in [0.5, 0.6) is 0 Å². The summed E-state index contributed by atoms with van der Waals surface area (Å²) in [6.45, 7) is 6.29. The number of aromatic nitrogens is 15. The van der Waals surface area contributed by atoms with E-state index in [1.807, 2.05) is 82.0 Å². The summed E-state index contributed by atoms with van der Waals surface area (Å²) in [6, 6.07) is 27.8. The highest BCUT2D eigenvalue weighted by atomic mass is 19.1. The summed E-state index contributed by atoms with van der Waals surface area (Å²) in [5.74, 6) is 2.91. The van der Waals surface area contributed by atoms with E-state index in [0.717, 1.165) is 117 Å². The highest BCUT2D eigenvalue weighted by molar-refractivity contribution is 5.84. The Morgan fingerprint density at radius 2 is 0.929 bits per heavy atom. The number of rotatable bonds is 9. The van der Waals surface area contributed by atoms with Gasteiger partial charge in [0, 0.05) is 93.9 Å². The van der Waals surface area contributed by atoms with Crippen molar-refractivity contribution in [2.75, 3.05) is 0 Å². The summed E-state index contributed by atoms with van der Waals surface area (Å²) < 4.78 is 82.7. The first-order valence-corrected chi connectivity index (χ1v) is 27.3. The quantitative estimate of drug-likeness (QED) is 0.125. The van der Waals surface area contributed by atoms with Crippen LogP contribution in [0.1, 0.15) is 82.2 Å². The van der Waals surface area contributed by atoms with E-state index in [9.17, 15) is 17.6 Å². The maximum atomic E-state index is 14.5. The number of imidazole rings is 3. The largest absolute Gasteiger partial charge is 0.432 e. The van der Waals surface area contributed by atoms with E-state index in [2.05, 4.69) is 73.7 Å². The summed E-state index contributed by atoms with van der Waals surface area (Å²) in [4.78, 5) is 13.7. The van der Waals surface area contributed by atoms with Gasteiger partial charge in [0.2, 0.25) is 0 Å². The third-order valence-corrected chi connectivity index (χ3v) is 15.8. The minimum Gasteiger partial charge on any atom is -0.432 e. The van der Waals surface area contributed by atoms with Gasteiger partial charge in [0.05, 0.1) is 17.1 Å². The van der Waals surface area contributed by atoms with E-state index < -0.39 is 11.6 Å². The fraction of sp³-hybridized carbons (Fsp3) is 0.177. The van der Waals surface area contributed by atoms with Crippen LogP contribution in [0.4, 0.5) is 17.6 Å². The third-order valence-electron chi connectivity index (χ3n) is 15.8. The van der Waals surface area contributed by atoms with Crippen LogP contribution in [0.15, 0.2) is 172 Å². The average molecular weight is 1130 g/mol. The zero-order chi connectivity index (χ0) is 57.0. The highest BCUT2D eigenvalue weighted by Gasteiger charge is 2.43. The van der Waals surface area contributed by atoms with Gasteiger partial charge in [0.15, 0.2) is 16.9 Å². The lowest BCUT2D eigenvalue weighted by Crippen LogP contribution is -2.12. The molecule has 17 rings (SSSR count). The molecule has 2 aliphatic rings. The lowest BCUT2D eigenvalue weighted by molar-refractivity contribution is 0.399. The van der Waals surface area contributed by atoms with Crippen LogP contribution in [0, 0.1) is 23.3 Å². The second kappa shape index (κ2) is 19.6. The molecule has 0 bridgehead atoms. The Bertz CT molecular complexity index is 4970. The van der Waals surface area contributed by atoms with Gasteiger partial charge in [-0.3, -0.25) is 26.4 Å². The van der Waals surface area contributed by atoms with Crippen LogP contribution >= 0.6 is 0 Å². The Kier molecular flexibility index (Phi) is 11.8. The molecule has 84 heavy (non-hydrogen) atoms. The van der Waals surface area contributed by atoms with Crippen LogP contribution in [0.25, 0.3) is 102 Å². The molecular weight excluding hydrogens is 1080 g/mol. The van der Waals surface area contributed by atoms with Gasteiger partial charge in [0.1, 0.15) is 76.6 Å². The van der Waals surface area contributed by atoms with Crippen molar-refractivity contribution < 1.29 is 30.8 Å². The SMILES string of the molecule is CC(C)c1nnc2ccc(-c3c(-c4ccc(F)cc4F)nc4occn34)cn12.CC1(c2nnc3ccc(-c4c(-c5ccc(F)cc5)nc5occn45)cn23)CC1.Fc1ccc(-c2nc3occn3c2-c2ccc3nnc(C4CCC4)n3c2)cc1. The third kappa shape index (κ3) is 8.58. The molecule has 0 amide bonds. The van der Waals surface area contributed by atoms with Crippen molar-refractivity contribution in [2.24, 2.45) is 0 Å². The Labute approximate surface area is 473 Å². The number of fused-ring (bicyclic) bond motifs is 6. The predicted molar refractivity (Wildman–Crippen MR) is 302 cm³/mol. The molecule has 12 aromatic heterocycles. The number of halogens is 4. The van der Waals surface area contributed by atoms with Gasteiger partial charge < -0.3 is 13.3 Å². The maximum absolute atomic E-state index is 14.5. The molecule has 12 heterocycles. The first kappa shape index (κ1) is 50.5.